The molecule has 4 heterocycles. The molecule has 0 bridgehead atoms. The van der Waals surface area contributed by atoms with E-state index in [1.54, 1.807) is 28.8 Å². The smallest absolute Gasteiger partial charge is 0.337 e. The Morgan fingerprint density at radius 3 is 2.90 bits per heavy atom. The first kappa shape index (κ1) is 11.4. The van der Waals surface area contributed by atoms with Gasteiger partial charge in [0.15, 0.2) is 5.82 Å². The number of rotatable bonds is 3. The molecule has 0 unspecified atom stereocenters. The number of hydrogen-bond acceptors (Lipinski definition) is 9. The Kier molecular flexibility index (Phi) is 2.64. The van der Waals surface area contributed by atoms with Gasteiger partial charge in [-0.1, -0.05) is 0 Å². The van der Waals surface area contributed by atoms with E-state index in [0.29, 0.717) is 6.01 Å². The van der Waals surface area contributed by atoms with Crippen molar-refractivity contribution in [1.82, 2.24) is 19.8 Å². The fraction of sp³-hybridized carbons (Fsp3) is 0. The molecule has 1 aliphatic rings. The van der Waals surface area contributed by atoms with Crippen molar-refractivity contribution in [1.29, 1.82) is 0 Å². The van der Waals surface area contributed by atoms with Crippen LogP contribution in [0.4, 0.5) is 11.8 Å². The number of hydrogen-bond donors (Lipinski definition) is 1. The zero-order valence-electron chi connectivity index (χ0n) is 10.0. The van der Waals surface area contributed by atoms with Crippen molar-refractivity contribution in [2.75, 3.05) is 10.1 Å². The minimum absolute atomic E-state index is 0.431. The first-order chi connectivity index (χ1) is 9.93. The van der Waals surface area contributed by atoms with Gasteiger partial charge in [-0.3, -0.25) is 5.43 Å². The van der Waals surface area contributed by atoms with E-state index in [1.807, 2.05) is 28.0 Å². The Bertz CT molecular complexity index is 706. The van der Waals surface area contributed by atoms with Crippen LogP contribution in [0.25, 0.3) is 5.70 Å². The van der Waals surface area contributed by atoms with Gasteiger partial charge in [-0.15, -0.1) is 16.5 Å². The van der Waals surface area contributed by atoms with Crippen LogP contribution in [0.5, 0.6) is 0 Å². The van der Waals surface area contributed by atoms with E-state index < -0.39 is 0 Å². The second-order valence-corrected chi connectivity index (χ2v) is 5.35. The number of oxazole rings is 1. The van der Waals surface area contributed by atoms with Crippen molar-refractivity contribution in [3.63, 3.8) is 0 Å². The van der Waals surface area contributed by atoms with Crippen LogP contribution in [0.15, 0.2) is 46.1 Å². The van der Waals surface area contributed by atoms with Gasteiger partial charge in [-0.25, -0.2) is 9.99 Å². The maximum atomic E-state index is 5.35. The summed E-state index contributed by atoms with van der Waals surface area (Å²) >= 11 is 2.94. The number of hydrazine groups is 2. The summed E-state index contributed by atoms with van der Waals surface area (Å²) in [5, 5.41) is 8.30. The van der Waals surface area contributed by atoms with E-state index in [1.165, 1.54) is 17.8 Å². The quantitative estimate of drug-likeness (QED) is 0.796. The van der Waals surface area contributed by atoms with Gasteiger partial charge >= 0.3 is 6.01 Å². The first-order valence-corrected chi connectivity index (χ1v) is 7.41. The molecule has 0 fully saturated rings. The molecular formula is C11H8N6OS2. The van der Waals surface area contributed by atoms with Gasteiger partial charge in [0.25, 0.3) is 0 Å². The molecule has 1 N–H and O–H groups in total. The molecule has 0 aromatic carbocycles. The Morgan fingerprint density at radius 2 is 2.20 bits per heavy atom. The van der Waals surface area contributed by atoms with E-state index in [4.69, 9.17) is 4.42 Å². The Morgan fingerprint density at radius 1 is 1.20 bits per heavy atom. The summed E-state index contributed by atoms with van der Waals surface area (Å²) in [5.41, 5.74) is 4.00. The van der Waals surface area contributed by atoms with Gasteiger partial charge in [0.05, 0.1) is 6.20 Å². The van der Waals surface area contributed by atoms with Crippen molar-refractivity contribution in [3.8, 4) is 0 Å². The molecule has 1 aliphatic heterocycles. The average Bonchev–Trinajstić information content (AvgIpc) is 3.23. The normalized spacial score (nSPS) is 14.5. The van der Waals surface area contributed by atoms with Gasteiger partial charge in [0, 0.05) is 23.2 Å². The van der Waals surface area contributed by atoms with E-state index in [9.17, 15) is 0 Å². The molecule has 0 saturated carbocycles. The molecular weight excluding hydrogens is 296 g/mol. The molecule has 0 saturated heterocycles. The molecule has 9 heteroatoms. The predicted octanol–water partition coefficient (Wildman–Crippen LogP) is 2.33. The lowest BCUT2D eigenvalue weighted by molar-refractivity contribution is 0.527. The summed E-state index contributed by atoms with van der Waals surface area (Å²) < 4.78 is 9.72. The number of nitrogens with zero attached hydrogens (tertiary/aromatic N) is 5. The summed E-state index contributed by atoms with van der Waals surface area (Å²) in [5.74, 6) is 0.777. The maximum Gasteiger partial charge on any atom is 0.337 e. The largest absolute Gasteiger partial charge is 0.430 e. The second-order valence-electron chi connectivity index (χ2n) is 3.79. The van der Waals surface area contributed by atoms with Gasteiger partial charge < -0.3 is 4.42 Å². The van der Waals surface area contributed by atoms with Crippen LogP contribution in [0, 0.1) is 0 Å². The number of anilines is 2. The molecule has 0 spiro atoms. The lowest BCUT2D eigenvalue weighted by Crippen LogP contribution is -2.43. The number of aromatic nitrogens is 3. The minimum atomic E-state index is 0.431. The van der Waals surface area contributed by atoms with Crippen LogP contribution in [0.2, 0.25) is 0 Å². The van der Waals surface area contributed by atoms with E-state index in [-0.39, 0.29) is 0 Å². The molecule has 0 atom stereocenters. The monoisotopic (exact) mass is 304 g/mol. The van der Waals surface area contributed by atoms with Crippen molar-refractivity contribution >= 4 is 40.4 Å². The molecule has 7 nitrogen and oxygen atoms in total. The van der Waals surface area contributed by atoms with Gasteiger partial charge in [-0.2, -0.15) is 9.36 Å². The van der Waals surface area contributed by atoms with Gasteiger partial charge in [0.2, 0.25) is 0 Å². The fourth-order valence-corrected chi connectivity index (χ4v) is 2.98. The topological polar surface area (TPSA) is 70.3 Å². The van der Waals surface area contributed by atoms with Crippen molar-refractivity contribution in [2.24, 2.45) is 0 Å². The van der Waals surface area contributed by atoms with Gasteiger partial charge in [-0.05, 0) is 17.6 Å². The third kappa shape index (κ3) is 1.75. The molecule has 100 valence electrons. The van der Waals surface area contributed by atoms with Crippen molar-refractivity contribution < 1.29 is 4.42 Å². The lowest BCUT2D eigenvalue weighted by Gasteiger charge is -2.26. The summed E-state index contributed by atoms with van der Waals surface area (Å²) in [7, 11) is 0. The van der Waals surface area contributed by atoms with Crippen LogP contribution < -0.4 is 15.6 Å². The summed E-state index contributed by atoms with van der Waals surface area (Å²) in [6.07, 6.45) is 6.74. The molecule has 0 amide bonds. The summed E-state index contributed by atoms with van der Waals surface area (Å²) in [4.78, 5) is 8.50. The Hall–Kier alpha value is -2.39. The SMILES string of the molecule is C1=C(c2nccs2)N(c2ccsn2)N(c2ncco2)N1. The molecule has 0 radical (unpaired) electrons. The number of nitrogens with one attached hydrogen (secondary N) is 1. The van der Waals surface area contributed by atoms with Crippen LogP contribution in [0.1, 0.15) is 5.01 Å². The van der Waals surface area contributed by atoms with Crippen molar-refractivity contribution in [3.05, 3.63) is 46.7 Å². The first-order valence-electron chi connectivity index (χ1n) is 5.70. The highest BCUT2D eigenvalue weighted by Crippen LogP contribution is 2.32. The van der Waals surface area contributed by atoms with Crippen LogP contribution in [-0.2, 0) is 0 Å². The molecule has 20 heavy (non-hydrogen) atoms. The average molecular weight is 304 g/mol. The Balaban J connectivity index is 1.78. The van der Waals surface area contributed by atoms with E-state index >= 15 is 0 Å². The maximum absolute atomic E-state index is 5.35. The standard InChI is InChI=1S/C11H8N6OS2/c1-5-20-15-9(1)16-8(10-12-3-6-19-10)7-14-17(16)11-13-2-4-18-11/h1-7,14H. The van der Waals surface area contributed by atoms with Crippen molar-refractivity contribution in [2.45, 2.75) is 0 Å². The zero-order chi connectivity index (χ0) is 13.4. The highest BCUT2D eigenvalue weighted by Gasteiger charge is 2.32. The van der Waals surface area contributed by atoms with Crippen LogP contribution in [0.3, 0.4) is 0 Å². The summed E-state index contributed by atoms with van der Waals surface area (Å²) in [6.45, 7) is 0. The second kappa shape index (κ2) is 4.62. The van der Waals surface area contributed by atoms with Crippen LogP contribution in [-0.4, -0.2) is 14.3 Å². The third-order valence-electron chi connectivity index (χ3n) is 2.64. The molecule has 0 aliphatic carbocycles. The molecule has 4 rings (SSSR count). The third-order valence-corrected chi connectivity index (χ3v) is 3.99. The van der Waals surface area contributed by atoms with Gasteiger partial charge in [0.1, 0.15) is 17.0 Å². The van der Waals surface area contributed by atoms with E-state index in [2.05, 4.69) is 19.8 Å². The summed E-state index contributed by atoms with van der Waals surface area (Å²) in [6, 6.07) is 2.36. The Labute approximate surface area is 121 Å². The predicted molar refractivity (Wildman–Crippen MR) is 76.8 cm³/mol. The molecule has 3 aromatic rings. The highest BCUT2D eigenvalue weighted by molar-refractivity contribution is 7.10. The van der Waals surface area contributed by atoms with E-state index in [0.717, 1.165) is 16.5 Å². The lowest BCUT2D eigenvalue weighted by atomic mass is 10.4. The highest BCUT2D eigenvalue weighted by atomic mass is 32.1. The minimum Gasteiger partial charge on any atom is -0.430 e. The van der Waals surface area contributed by atoms with Crippen LogP contribution >= 0.6 is 22.9 Å². The zero-order valence-corrected chi connectivity index (χ0v) is 11.6. The fourth-order valence-electron chi connectivity index (χ4n) is 1.85. The molecule has 3 aromatic heterocycles. The number of thiazole rings is 1.